The summed E-state index contributed by atoms with van der Waals surface area (Å²) in [6.45, 7) is 4.00. The van der Waals surface area contributed by atoms with E-state index in [1.54, 1.807) is 18.7 Å². The van der Waals surface area contributed by atoms with Crippen LogP contribution in [0.5, 0.6) is 0 Å². The second-order valence-electron chi connectivity index (χ2n) is 5.71. The van der Waals surface area contributed by atoms with E-state index in [1.807, 2.05) is 56.4 Å². The lowest BCUT2D eigenvalue weighted by atomic mass is 9.80. The number of nitrogens with one attached hydrogen (secondary N) is 1. The van der Waals surface area contributed by atoms with Crippen LogP contribution in [-0.4, -0.2) is 20.1 Å². The topological polar surface area (TPSA) is 61.8 Å². The molecule has 0 amide bonds. The Balaban J connectivity index is 2.11. The normalized spacial score (nSPS) is 14.0. The summed E-state index contributed by atoms with van der Waals surface area (Å²) in [6, 6.07) is 11.9. The van der Waals surface area contributed by atoms with Gasteiger partial charge in [-0.05, 0) is 34.7 Å². The van der Waals surface area contributed by atoms with E-state index in [0.717, 1.165) is 16.7 Å². The molecule has 22 heavy (non-hydrogen) atoms. The number of aliphatic hydroxyl groups is 1. The summed E-state index contributed by atoms with van der Waals surface area (Å²) in [7, 11) is 0. The average molecular weight is 293 g/mol. The quantitative estimate of drug-likeness (QED) is 0.775. The maximum absolute atomic E-state index is 11.3. The van der Waals surface area contributed by atoms with E-state index >= 15 is 0 Å². The minimum absolute atomic E-state index is 0.00269. The van der Waals surface area contributed by atoms with Crippen molar-refractivity contribution in [3.63, 3.8) is 0 Å². The monoisotopic (exact) mass is 293 g/mol. The highest BCUT2D eigenvalue weighted by molar-refractivity contribution is 5.63. The maximum atomic E-state index is 11.3. The SMILES string of the molecule is CC(C)C(O)(c1cccc(-c2cccnc2)c1)c1cnc[nH]1. The van der Waals surface area contributed by atoms with Gasteiger partial charge in [0.05, 0.1) is 18.2 Å². The third-order valence-corrected chi connectivity index (χ3v) is 4.04. The second-order valence-corrected chi connectivity index (χ2v) is 5.71. The third kappa shape index (κ3) is 2.42. The van der Waals surface area contributed by atoms with Crippen molar-refractivity contribution in [3.05, 3.63) is 72.6 Å². The predicted molar refractivity (Wildman–Crippen MR) is 86.1 cm³/mol. The Morgan fingerprint density at radius 3 is 2.50 bits per heavy atom. The molecule has 0 aliphatic heterocycles. The number of aromatic amines is 1. The Labute approximate surface area is 129 Å². The number of benzene rings is 1. The largest absolute Gasteiger partial charge is 0.379 e. The summed E-state index contributed by atoms with van der Waals surface area (Å²) >= 11 is 0. The first-order valence-corrected chi connectivity index (χ1v) is 7.34. The molecule has 0 fully saturated rings. The molecular formula is C18H19N3O. The number of aromatic nitrogens is 3. The summed E-state index contributed by atoms with van der Waals surface area (Å²) in [4.78, 5) is 11.3. The first kappa shape index (κ1) is 14.5. The van der Waals surface area contributed by atoms with E-state index in [4.69, 9.17) is 0 Å². The summed E-state index contributed by atoms with van der Waals surface area (Å²) in [5.41, 5.74) is 2.50. The molecule has 0 aliphatic carbocycles. The van der Waals surface area contributed by atoms with Gasteiger partial charge in [0.1, 0.15) is 5.60 Å². The van der Waals surface area contributed by atoms with Gasteiger partial charge >= 0.3 is 0 Å². The van der Waals surface area contributed by atoms with Gasteiger partial charge in [0.2, 0.25) is 0 Å². The standard InChI is InChI=1S/C18H19N3O/c1-13(2)18(22,17-11-20-12-21-17)16-7-3-5-14(9-16)15-6-4-8-19-10-15/h3-13,22H,1-2H3,(H,20,21). The van der Waals surface area contributed by atoms with Gasteiger partial charge in [0.15, 0.2) is 0 Å². The summed E-state index contributed by atoms with van der Waals surface area (Å²) in [6.07, 6.45) is 6.84. The molecule has 2 heterocycles. The second kappa shape index (κ2) is 5.73. The van der Waals surface area contributed by atoms with Crippen molar-refractivity contribution in [2.24, 2.45) is 5.92 Å². The van der Waals surface area contributed by atoms with Gasteiger partial charge < -0.3 is 10.1 Å². The van der Waals surface area contributed by atoms with Gasteiger partial charge in [-0.25, -0.2) is 4.98 Å². The van der Waals surface area contributed by atoms with Gasteiger partial charge in [-0.1, -0.05) is 38.1 Å². The zero-order valence-electron chi connectivity index (χ0n) is 12.7. The number of hydrogen-bond donors (Lipinski definition) is 2. The molecular weight excluding hydrogens is 274 g/mol. The van der Waals surface area contributed by atoms with Crippen LogP contribution in [0.4, 0.5) is 0 Å². The smallest absolute Gasteiger partial charge is 0.133 e. The van der Waals surface area contributed by atoms with E-state index in [-0.39, 0.29) is 5.92 Å². The van der Waals surface area contributed by atoms with Crippen molar-refractivity contribution in [3.8, 4) is 11.1 Å². The lowest BCUT2D eigenvalue weighted by molar-refractivity contribution is 0.0280. The van der Waals surface area contributed by atoms with Gasteiger partial charge in [-0.3, -0.25) is 4.98 Å². The predicted octanol–water partition coefficient (Wildman–Crippen LogP) is 3.36. The maximum Gasteiger partial charge on any atom is 0.133 e. The Kier molecular flexibility index (Phi) is 3.77. The highest BCUT2D eigenvalue weighted by Crippen LogP contribution is 2.36. The third-order valence-electron chi connectivity index (χ3n) is 4.04. The van der Waals surface area contributed by atoms with Crippen molar-refractivity contribution in [1.29, 1.82) is 0 Å². The average Bonchev–Trinajstić information content (AvgIpc) is 3.10. The zero-order chi connectivity index (χ0) is 15.6. The van der Waals surface area contributed by atoms with Gasteiger partial charge in [0, 0.05) is 12.4 Å². The summed E-state index contributed by atoms with van der Waals surface area (Å²) < 4.78 is 0. The molecule has 0 bridgehead atoms. The van der Waals surface area contributed by atoms with Crippen LogP contribution < -0.4 is 0 Å². The molecule has 0 saturated heterocycles. The minimum atomic E-state index is -1.10. The molecule has 4 nitrogen and oxygen atoms in total. The number of rotatable bonds is 4. The first-order valence-electron chi connectivity index (χ1n) is 7.34. The Morgan fingerprint density at radius 2 is 1.86 bits per heavy atom. The van der Waals surface area contributed by atoms with E-state index in [2.05, 4.69) is 15.0 Å². The Morgan fingerprint density at radius 1 is 1.05 bits per heavy atom. The molecule has 0 saturated carbocycles. The molecule has 2 N–H and O–H groups in total. The molecule has 1 aromatic carbocycles. The van der Waals surface area contributed by atoms with Gasteiger partial charge in [-0.15, -0.1) is 0 Å². The van der Waals surface area contributed by atoms with Crippen LogP contribution in [0.1, 0.15) is 25.1 Å². The highest BCUT2D eigenvalue weighted by atomic mass is 16.3. The lowest BCUT2D eigenvalue weighted by Gasteiger charge is -2.32. The van der Waals surface area contributed by atoms with E-state index in [1.165, 1.54) is 0 Å². The summed E-state index contributed by atoms with van der Waals surface area (Å²) in [5, 5.41) is 11.3. The molecule has 112 valence electrons. The number of pyridine rings is 1. The molecule has 0 aliphatic rings. The molecule has 4 heteroatoms. The van der Waals surface area contributed by atoms with Crippen molar-refractivity contribution < 1.29 is 5.11 Å². The Hall–Kier alpha value is -2.46. The number of nitrogens with zero attached hydrogens (tertiary/aromatic N) is 2. The fraction of sp³-hybridized carbons (Fsp3) is 0.222. The highest BCUT2D eigenvalue weighted by Gasteiger charge is 2.36. The van der Waals surface area contributed by atoms with E-state index < -0.39 is 5.60 Å². The van der Waals surface area contributed by atoms with Gasteiger partial charge in [0.25, 0.3) is 0 Å². The molecule has 1 unspecified atom stereocenters. The van der Waals surface area contributed by atoms with E-state index in [9.17, 15) is 5.11 Å². The molecule has 0 radical (unpaired) electrons. The van der Waals surface area contributed by atoms with Crippen LogP contribution in [0.15, 0.2) is 61.3 Å². The van der Waals surface area contributed by atoms with Gasteiger partial charge in [-0.2, -0.15) is 0 Å². The van der Waals surface area contributed by atoms with Crippen LogP contribution >= 0.6 is 0 Å². The summed E-state index contributed by atoms with van der Waals surface area (Å²) in [5.74, 6) is -0.00269. The van der Waals surface area contributed by atoms with Crippen molar-refractivity contribution in [2.45, 2.75) is 19.4 Å². The van der Waals surface area contributed by atoms with E-state index in [0.29, 0.717) is 5.69 Å². The van der Waals surface area contributed by atoms with Crippen LogP contribution in [-0.2, 0) is 5.60 Å². The Bertz CT molecular complexity index is 738. The van der Waals surface area contributed by atoms with Crippen molar-refractivity contribution in [2.75, 3.05) is 0 Å². The molecule has 3 rings (SSSR count). The number of H-pyrrole nitrogens is 1. The molecule has 2 aromatic heterocycles. The van der Waals surface area contributed by atoms with Crippen LogP contribution in [0.3, 0.4) is 0 Å². The minimum Gasteiger partial charge on any atom is -0.379 e. The lowest BCUT2D eigenvalue weighted by Crippen LogP contribution is -2.33. The molecule has 1 atom stereocenters. The zero-order valence-corrected chi connectivity index (χ0v) is 12.7. The van der Waals surface area contributed by atoms with Crippen LogP contribution in [0.2, 0.25) is 0 Å². The fourth-order valence-corrected chi connectivity index (χ4v) is 2.73. The number of imidazole rings is 1. The van der Waals surface area contributed by atoms with Crippen LogP contribution in [0.25, 0.3) is 11.1 Å². The van der Waals surface area contributed by atoms with Crippen molar-refractivity contribution >= 4 is 0 Å². The first-order chi connectivity index (χ1) is 10.6. The van der Waals surface area contributed by atoms with Crippen molar-refractivity contribution in [1.82, 2.24) is 15.0 Å². The molecule has 3 aromatic rings. The fourth-order valence-electron chi connectivity index (χ4n) is 2.73. The molecule has 0 spiro atoms. The number of hydrogen-bond acceptors (Lipinski definition) is 3. The van der Waals surface area contributed by atoms with Crippen LogP contribution in [0, 0.1) is 5.92 Å².